The molecule has 134 valence electrons. The van der Waals surface area contributed by atoms with Crippen molar-refractivity contribution in [1.29, 1.82) is 0 Å². The van der Waals surface area contributed by atoms with Gasteiger partial charge in [-0.25, -0.2) is 0 Å². The first-order chi connectivity index (χ1) is 12.2. The van der Waals surface area contributed by atoms with Gasteiger partial charge in [-0.2, -0.15) is 0 Å². The van der Waals surface area contributed by atoms with Gasteiger partial charge in [0.15, 0.2) is 0 Å². The van der Waals surface area contributed by atoms with E-state index in [0.29, 0.717) is 0 Å². The van der Waals surface area contributed by atoms with Crippen LogP contribution in [-0.2, 0) is 6.42 Å². The van der Waals surface area contributed by atoms with Crippen LogP contribution in [0.5, 0.6) is 0 Å². The van der Waals surface area contributed by atoms with Crippen LogP contribution in [0.3, 0.4) is 0 Å². The highest BCUT2D eigenvalue weighted by Gasteiger charge is 2.04. The molecule has 1 aromatic rings. The van der Waals surface area contributed by atoms with E-state index >= 15 is 0 Å². The summed E-state index contributed by atoms with van der Waals surface area (Å²) in [5.41, 5.74) is 6.88. The second-order valence-corrected chi connectivity index (χ2v) is 6.09. The lowest BCUT2D eigenvalue weighted by Gasteiger charge is -2.10. The first-order valence-corrected chi connectivity index (χ1v) is 9.65. The van der Waals surface area contributed by atoms with Gasteiger partial charge >= 0.3 is 0 Å². The number of allylic oxidation sites excluding steroid dienone is 10. The molecule has 0 aromatic heterocycles. The van der Waals surface area contributed by atoms with Gasteiger partial charge in [0.1, 0.15) is 0 Å². The fraction of sp³-hybridized carbons (Fsp3) is 0.360. The highest BCUT2D eigenvalue weighted by molar-refractivity contribution is 5.48. The fourth-order valence-electron chi connectivity index (χ4n) is 2.88. The van der Waals surface area contributed by atoms with Gasteiger partial charge < -0.3 is 0 Å². The maximum atomic E-state index is 2.31. The zero-order valence-corrected chi connectivity index (χ0v) is 16.7. The summed E-state index contributed by atoms with van der Waals surface area (Å²) in [5, 5.41) is 0. The van der Waals surface area contributed by atoms with Crippen molar-refractivity contribution >= 4 is 0 Å². The third kappa shape index (κ3) is 7.56. The van der Waals surface area contributed by atoms with E-state index in [4.69, 9.17) is 0 Å². The van der Waals surface area contributed by atoms with Crippen LogP contribution in [0.2, 0.25) is 0 Å². The normalized spacial score (nSPS) is 14.5. The molecule has 0 unspecified atom stereocenters. The molecule has 0 fully saturated rings. The topological polar surface area (TPSA) is 0 Å². The van der Waals surface area contributed by atoms with E-state index < -0.39 is 0 Å². The van der Waals surface area contributed by atoms with Crippen LogP contribution in [0.1, 0.15) is 58.1 Å². The molecule has 0 atom stereocenters. The quantitative estimate of drug-likeness (QED) is 0.448. The van der Waals surface area contributed by atoms with Crippen LogP contribution < -0.4 is 0 Å². The lowest BCUT2D eigenvalue weighted by molar-refractivity contribution is 0.817. The Morgan fingerprint density at radius 3 is 2.36 bits per heavy atom. The number of hydrogen-bond acceptors (Lipinski definition) is 0. The van der Waals surface area contributed by atoms with E-state index in [1.54, 1.807) is 0 Å². The van der Waals surface area contributed by atoms with Crippen LogP contribution in [0.15, 0.2) is 83.5 Å². The second-order valence-electron chi connectivity index (χ2n) is 6.09. The summed E-state index contributed by atoms with van der Waals surface area (Å²) in [7, 11) is 0. The van der Waals surface area contributed by atoms with E-state index in [1.165, 1.54) is 34.3 Å². The summed E-state index contributed by atoms with van der Waals surface area (Å²) < 4.78 is 0. The third-order valence-electron chi connectivity index (χ3n) is 4.22. The van der Waals surface area contributed by atoms with Gasteiger partial charge in [-0.1, -0.05) is 80.1 Å². The summed E-state index contributed by atoms with van der Waals surface area (Å²) in [6.45, 7) is 10.4. The average Bonchev–Trinajstić information content (AvgIpc) is 3.15. The smallest absolute Gasteiger partial charge is 0.0157 e. The Morgan fingerprint density at radius 1 is 1.08 bits per heavy atom. The lowest BCUT2D eigenvalue weighted by Crippen LogP contribution is -1.92. The highest BCUT2D eigenvalue weighted by atomic mass is 14.1. The number of aryl methyl sites for hydroxylation is 2. The molecule has 1 aliphatic rings. The summed E-state index contributed by atoms with van der Waals surface area (Å²) in [4.78, 5) is 0. The molecule has 0 N–H and O–H groups in total. The lowest BCUT2D eigenvalue weighted by atomic mass is 9.96. The molecule has 0 heterocycles. The molecule has 0 saturated heterocycles. The molecule has 0 aliphatic heterocycles. The van der Waals surface area contributed by atoms with Gasteiger partial charge in [0.25, 0.3) is 0 Å². The molecule has 25 heavy (non-hydrogen) atoms. The molecule has 1 aromatic carbocycles. The van der Waals surface area contributed by atoms with Crippen molar-refractivity contribution in [3.8, 4) is 0 Å². The van der Waals surface area contributed by atoms with Crippen molar-refractivity contribution in [2.45, 2.75) is 60.3 Å². The Labute approximate surface area is 155 Å². The molecule has 0 spiro atoms. The Morgan fingerprint density at radius 2 is 1.80 bits per heavy atom. The zero-order chi connectivity index (χ0) is 18.5. The zero-order valence-electron chi connectivity index (χ0n) is 16.7. The predicted molar refractivity (Wildman–Crippen MR) is 114 cm³/mol. The van der Waals surface area contributed by atoms with Crippen LogP contribution in [0, 0.1) is 6.92 Å². The van der Waals surface area contributed by atoms with Crippen LogP contribution in [0.25, 0.3) is 0 Å². The van der Waals surface area contributed by atoms with Crippen LogP contribution >= 0.6 is 0 Å². The van der Waals surface area contributed by atoms with Crippen LogP contribution in [-0.4, -0.2) is 0 Å². The Hall–Kier alpha value is -2.08. The molecule has 2 rings (SSSR count). The van der Waals surface area contributed by atoms with Crippen LogP contribution in [0.4, 0.5) is 0 Å². The van der Waals surface area contributed by atoms with E-state index in [1.807, 2.05) is 13.8 Å². The number of benzene rings is 1. The van der Waals surface area contributed by atoms with Crippen molar-refractivity contribution in [3.05, 3.63) is 94.6 Å². The molecule has 0 amide bonds. The van der Waals surface area contributed by atoms with E-state index in [-0.39, 0.29) is 0 Å². The maximum Gasteiger partial charge on any atom is -0.0157 e. The van der Waals surface area contributed by atoms with Crippen molar-refractivity contribution in [2.75, 3.05) is 0 Å². The van der Waals surface area contributed by atoms with E-state index in [2.05, 4.69) is 87.6 Å². The first-order valence-electron chi connectivity index (χ1n) is 9.65. The van der Waals surface area contributed by atoms with E-state index in [0.717, 1.165) is 19.3 Å². The molecule has 0 bridgehead atoms. The van der Waals surface area contributed by atoms with Gasteiger partial charge in [0.2, 0.25) is 0 Å². The SMILES string of the molecule is CC.C\C=C/C(=C\C1=CCC=C1)C(=C\C)/CCCc1ccc(C)cc1. The summed E-state index contributed by atoms with van der Waals surface area (Å²) in [5.74, 6) is 0. The third-order valence-corrected chi connectivity index (χ3v) is 4.22. The Kier molecular flexibility index (Phi) is 10.3. The van der Waals surface area contributed by atoms with Crippen molar-refractivity contribution in [3.63, 3.8) is 0 Å². The maximum absolute atomic E-state index is 2.31. The van der Waals surface area contributed by atoms with Crippen molar-refractivity contribution < 1.29 is 0 Å². The average molecular weight is 335 g/mol. The standard InChI is InChI=1S/C23H28.C2H6/c1-4-9-23(18-21-10-6-7-11-21)22(5-2)13-8-12-20-16-14-19(3)15-17-20;1-2/h4-6,9-11,14-18H,7-8,12-13H2,1-3H3;1-2H3/b9-4-,22-5-,23-18+;. The second kappa shape index (κ2) is 12.3. The highest BCUT2D eigenvalue weighted by Crippen LogP contribution is 2.23. The minimum atomic E-state index is 1.06. The van der Waals surface area contributed by atoms with E-state index in [9.17, 15) is 0 Å². The van der Waals surface area contributed by atoms with Gasteiger partial charge in [-0.05, 0) is 74.8 Å². The Balaban J connectivity index is 0.00000151. The summed E-state index contributed by atoms with van der Waals surface area (Å²) in [6, 6.07) is 8.91. The summed E-state index contributed by atoms with van der Waals surface area (Å²) >= 11 is 0. The largest absolute Gasteiger partial charge is 0.0871 e. The molecule has 0 radical (unpaired) electrons. The molecular formula is C25H34. The summed E-state index contributed by atoms with van der Waals surface area (Å²) in [6.07, 6.45) is 20.2. The van der Waals surface area contributed by atoms with Crippen molar-refractivity contribution in [2.24, 2.45) is 0 Å². The minimum Gasteiger partial charge on any atom is -0.0871 e. The predicted octanol–water partition coefficient (Wildman–Crippen LogP) is 7.68. The number of rotatable bonds is 7. The molecular weight excluding hydrogens is 300 g/mol. The molecule has 1 aliphatic carbocycles. The fourth-order valence-corrected chi connectivity index (χ4v) is 2.88. The molecule has 0 saturated carbocycles. The molecule has 0 heteroatoms. The van der Waals surface area contributed by atoms with Gasteiger partial charge in [-0.15, -0.1) is 0 Å². The minimum absolute atomic E-state index is 1.06. The first kappa shape index (κ1) is 21.0. The Bertz CT molecular complexity index is 646. The van der Waals surface area contributed by atoms with Gasteiger partial charge in [0, 0.05) is 0 Å². The van der Waals surface area contributed by atoms with Gasteiger partial charge in [-0.3, -0.25) is 0 Å². The monoisotopic (exact) mass is 334 g/mol. The van der Waals surface area contributed by atoms with Gasteiger partial charge in [0.05, 0.1) is 0 Å². The molecule has 0 nitrogen and oxygen atoms in total. The number of hydrogen-bond donors (Lipinski definition) is 0. The van der Waals surface area contributed by atoms with Crippen molar-refractivity contribution in [1.82, 2.24) is 0 Å².